The molecule has 0 fully saturated rings. The number of ether oxygens (including phenoxy) is 1. The molecule has 1 aromatic rings. The van der Waals surface area contributed by atoms with Crippen LogP contribution in [0.5, 0.6) is 11.5 Å². The van der Waals surface area contributed by atoms with Gasteiger partial charge in [0.2, 0.25) is 5.75 Å². The minimum atomic E-state index is -4.87. The van der Waals surface area contributed by atoms with Crippen molar-refractivity contribution in [1.29, 1.82) is 0 Å². The molecule has 14 heavy (non-hydrogen) atoms. The number of halogens is 4. The van der Waals surface area contributed by atoms with E-state index in [-0.39, 0.29) is 3.57 Å². The summed E-state index contributed by atoms with van der Waals surface area (Å²) >= 11 is 1.54. The molecule has 0 saturated carbocycles. The molecular formula is C6H4F3IN2O2. The molecular weight excluding hydrogens is 316 g/mol. The van der Waals surface area contributed by atoms with E-state index in [9.17, 15) is 13.2 Å². The second-order valence-corrected chi connectivity index (χ2v) is 3.38. The number of hydrogen-bond donors (Lipinski definition) is 2. The van der Waals surface area contributed by atoms with Crippen LogP contribution in [-0.4, -0.2) is 16.5 Å². The number of pyridine rings is 1. The molecule has 0 bridgehead atoms. The Morgan fingerprint density at radius 2 is 2.07 bits per heavy atom. The Bertz CT molecular complexity index is 356. The van der Waals surface area contributed by atoms with Gasteiger partial charge in [-0.15, -0.1) is 13.2 Å². The van der Waals surface area contributed by atoms with Crippen molar-refractivity contribution in [3.63, 3.8) is 0 Å². The molecule has 0 aliphatic carbocycles. The summed E-state index contributed by atoms with van der Waals surface area (Å²) in [5, 5.41) is 9.12. The highest BCUT2D eigenvalue weighted by molar-refractivity contribution is 14.1. The maximum atomic E-state index is 11.8. The first-order valence-corrected chi connectivity index (χ1v) is 4.28. The van der Waals surface area contributed by atoms with Gasteiger partial charge < -0.3 is 15.6 Å². The van der Waals surface area contributed by atoms with Gasteiger partial charge in [-0.25, -0.2) is 4.98 Å². The van der Waals surface area contributed by atoms with Gasteiger partial charge in [-0.1, -0.05) is 0 Å². The summed E-state index contributed by atoms with van der Waals surface area (Å²) in [4.78, 5) is 3.44. The van der Waals surface area contributed by atoms with Crippen LogP contribution in [0.25, 0.3) is 0 Å². The molecule has 1 heterocycles. The maximum absolute atomic E-state index is 11.8. The summed E-state index contributed by atoms with van der Waals surface area (Å²) in [5.74, 6) is -1.95. The number of nitrogens with zero attached hydrogens (tertiary/aromatic N) is 1. The monoisotopic (exact) mass is 320 g/mol. The summed E-state index contributed by atoms with van der Waals surface area (Å²) in [6.45, 7) is 0. The number of aromatic nitrogens is 1. The van der Waals surface area contributed by atoms with Gasteiger partial charge in [0, 0.05) is 6.20 Å². The van der Waals surface area contributed by atoms with Crippen LogP contribution in [0.15, 0.2) is 6.20 Å². The highest BCUT2D eigenvalue weighted by Crippen LogP contribution is 2.37. The molecule has 0 aliphatic heterocycles. The lowest BCUT2D eigenvalue weighted by Gasteiger charge is -2.12. The molecule has 8 heteroatoms. The molecule has 0 atom stereocenters. The Morgan fingerprint density at radius 1 is 1.50 bits per heavy atom. The molecule has 1 rings (SSSR count). The lowest BCUT2D eigenvalue weighted by atomic mass is 10.4. The average molecular weight is 320 g/mol. The third kappa shape index (κ3) is 2.53. The van der Waals surface area contributed by atoms with Crippen molar-refractivity contribution in [2.75, 3.05) is 5.73 Å². The molecule has 78 valence electrons. The van der Waals surface area contributed by atoms with Crippen molar-refractivity contribution in [3.05, 3.63) is 9.77 Å². The second kappa shape index (κ2) is 3.67. The number of anilines is 1. The fourth-order valence-electron chi connectivity index (χ4n) is 0.688. The highest BCUT2D eigenvalue weighted by atomic mass is 127. The largest absolute Gasteiger partial charge is 0.573 e. The van der Waals surface area contributed by atoms with Gasteiger partial charge in [0.15, 0.2) is 11.6 Å². The van der Waals surface area contributed by atoms with Crippen LogP contribution >= 0.6 is 22.6 Å². The molecule has 0 unspecified atom stereocenters. The van der Waals surface area contributed by atoms with Gasteiger partial charge in [0.25, 0.3) is 0 Å². The lowest BCUT2D eigenvalue weighted by molar-refractivity contribution is -0.275. The molecule has 0 radical (unpaired) electrons. The smallest absolute Gasteiger partial charge is 0.502 e. The number of nitrogens with two attached hydrogens (primary N) is 1. The topological polar surface area (TPSA) is 68.4 Å². The molecule has 1 aromatic heterocycles. The molecule has 3 N–H and O–H groups in total. The van der Waals surface area contributed by atoms with E-state index in [0.29, 0.717) is 0 Å². The standard InChI is InChI=1S/C6H4F3IN2O2/c7-6(8,9)14-4-2(10)1-12-5(11)3(4)13/h1,13H,(H2,11,12). The summed E-state index contributed by atoms with van der Waals surface area (Å²) in [6.07, 6.45) is -3.80. The van der Waals surface area contributed by atoms with Crippen molar-refractivity contribution >= 4 is 28.4 Å². The van der Waals surface area contributed by atoms with Crippen molar-refractivity contribution < 1.29 is 23.0 Å². The van der Waals surface area contributed by atoms with Crippen molar-refractivity contribution in [1.82, 2.24) is 4.98 Å². The average Bonchev–Trinajstić information content (AvgIpc) is 2.04. The molecule has 4 nitrogen and oxygen atoms in total. The second-order valence-electron chi connectivity index (χ2n) is 2.22. The zero-order valence-electron chi connectivity index (χ0n) is 6.47. The van der Waals surface area contributed by atoms with Gasteiger partial charge >= 0.3 is 6.36 Å². The van der Waals surface area contributed by atoms with Crippen LogP contribution in [0.2, 0.25) is 0 Å². The van der Waals surface area contributed by atoms with Crippen molar-refractivity contribution in [2.24, 2.45) is 0 Å². The van der Waals surface area contributed by atoms with Gasteiger partial charge in [-0.2, -0.15) is 0 Å². The number of nitrogen functional groups attached to an aromatic ring is 1. The minimum Gasteiger partial charge on any atom is -0.502 e. The molecule has 0 spiro atoms. The van der Waals surface area contributed by atoms with Gasteiger partial charge in [0.05, 0.1) is 3.57 Å². The molecule has 0 amide bonds. The molecule has 0 saturated heterocycles. The summed E-state index contributed by atoms with van der Waals surface area (Å²) in [6, 6.07) is 0. The van der Waals surface area contributed by atoms with Crippen LogP contribution < -0.4 is 10.5 Å². The zero-order valence-corrected chi connectivity index (χ0v) is 8.63. The Labute approximate surface area is 90.0 Å². The van der Waals surface area contributed by atoms with Crippen LogP contribution in [0.4, 0.5) is 19.0 Å². The minimum absolute atomic E-state index is 0.0200. The van der Waals surface area contributed by atoms with Crippen molar-refractivity contribution in [3.8, 4) is 11.5 Å². The SMILES string of the molecule is Nc1ncc(I)c(OC(F)(F)F)c1O. The fraction of sp³-hybridized carbons (Fsp3) is 0.167. The summed E-state index contributed by atoms with van der Waals surface area (Å²) in [5.41, 5.74) is 5.10. The van der Waals surface area contributed by atoms with Gasteiger partial charge in [-0.3, -0.25) is 0 Å². The van der Waals surface area contributed by atoms with Crippen LogP contribution in [0.3, 0.4) is 0 Å². The molecule has 0 aromatic carbocycles. The van der Waals surface area contributed by atoms with E-state index < -0.39 is 23.7 Å². The number of alkyl halides is 3. The number of aromatic hydroxyl groups is 1. The third-order valence-corrected chi connectivity index (χ3v) is 1.98. The first-order chi connectivity index (χ1) is 6.31. The zero-order chi connectivity index (χ0) is 10.9. The number of hydrogen-bond acceptors (Lipinski definition) is 4. The van der Waals surface area contributed by atoms with Gasteiger partial charge in [0.1, 0.15) is 0 Å². The van der Waals surface area contributed by atoms with Crippen LogP contribution in [0, 0.1) is 3.57 Å². The maximum Gasteiger partial charge on any atom is 0.573 e. The van der Waals surface area contributed by atoms with E-state index >= 15 is 0 Å². The van der Waals surface area contributed by atoms with Gasteiger partial charge in [-0.05, 0) is 22.6 Å². The van der Waals surface area contributed by atoms with E-state index in [4.69, 9.17) is 10.8 Å². The fourth-order valence-corrected chi connectivity index (χ4v) is 1.19. The van der Waals surface area contributed by atoms with Crippen molar-refractivity contribution in [2.45, 2.75) is 6.36 Å². The molecule has 0 aliphatic rings. The lowest BCUT2D eigenvalue weighted by Crippen LogP contribution is -2.18. The Kier molecular flexibility index (Phi) is 2.92. The van der Waals surface area contributed by atoms with E-state index in [1.807, 2.05) is 0 Å². The number of rotatable bonds is 1. The van der Waals surface area contributed by atoms with E-state index in [1.54, 1.807) is 0 Å². The van der Waals surface area contributed by atoms with E-state index in [1.165, 1.54) is 22.6 Å². The summed E-state index contributed by atoms with van der Waals surface area (Å²) < 4.78 is 39.1. The predicted octanol–water partition coefficient (Wildman–Crippen LogP) is 1.87. The Hall–Kier alpha value is -0.930. The van der Waals surface area contributed by atoms with Crippen LogP contribution in [0.1, 0.15) is 0 Å². The Balaban J connectivity index is 3.13. The van der Waals surface area contributed by atoms with Crippen LogP contribution in [-0.2, 0) is 0 Å². The normalized spacial score (nSPS) is 11.4. The van der Waals surface area contributed by atoms with E-state index in [2.05, 4.69) is 9.72 Å². The predicted molar refractivity (Wildman–Crippen MR) is 49.7 cm³/mol. The van der Waals surface area contributed by atoms with E-state index in [0.717, 1.165) is 6.20 Å². The first kappa shape index (κ1) is 11.1. The quantitative estimate of drug-likeness (QED) is 0.775. The Morgan fingerprint density at radius 3 is 2.57 bits per heavy atom. The highest BCUT2D eigenvalue weighted by Gasteiger charge is 2.33. The third-order valence-electron chi connectivity index (χ3n) is 1.21. The summed E-state index contributed by atoms with van der Waals surface area (Å²) in [7, 11) is 0. The first-order valence-electron chi connectivity index (χ1n) is 3.20.